The first-order valence-corrected chi connectivity index (χ1v) is 4.28. The molecule has 0 aliphatic carbocycles. The van der Waals surface area contributed by atoms with Crippen LogP contribution >= 0.6 is 0 Å². The van der Waals surface area contributed by atoms with E-state index in [1.54, 1.807) is 26.0 Å². The second-order valence-electron chi connectivity index (χ2n) is 3.13. The third-order valence-corrected chi connectivity index (χ3v) is 1.71. The Morgan fingerprint density at radius 3 is 2.64 bits per heavy atom. The number of carbonyl (C=O) groups excluding carboxylic acids is 1. The van der Waals surface area contributed by atoms with Crippen LogP contribution in [-0.4, -0.2) is 11.3 Å². The fourth-order valence-electron chi connectivity index (χ4n) is 1.12. The highest BCUT2D eigenvalue weighted by Gasteiger charge is 1.90. The minimum absolute atomic E-state index is 0.338. The molecule has 0 aliphatic heterocycles. The topological polar surface area (TPSA) is 32.9 Å². The van der Waals surface area contributed by atoms with E-state index in [1.165, 1.54) is 12.1 Å². The van der Waals surface area contributed by atoms with Crippen LogP contribution in [0.5, 0.6) is 0 Å². The van der Waals surface area contributed by atoms with Crippen molar-refractivity contribution >= 4 is 6.29 Å². The minimum atomic E-state index is -0.338. The highest BCUT2D eigenvalue weighted by Crippen LogP contribution is 2.00. The second kappa shape index (κ2) is 4.56. The van der Waals surface area contributed by atoms with Gasteiger partial charge in [0.15, 0.2) is 6.29 Å². The van der Waals surface area contributed by atoms with Gasteiger partial charge in [-0.3, -0.25) is 4.79 Å². The van der Waals surface area contributed by atoms with Crippen LogP contribution in [0.2, 0.25) is 0 Å². The molecule has 1 aromatic heterocycles. The Morgan fingerprint density at radius 1 is 1.29 bits per heavy atom. The Kier molecular flexibility index (Phi) is 3.40. The van der Waals surface area contributed by atoms with Crippen molar-refractivity contribution in [1.82, 2.24) is 4.98 Å². The molecule has 1 heterocycles. The van der Waals surface area contributed by atoms with Gasteiger partial charge in [0, 0.05) is 5.69 Å². The second-order valence-corrected chi connectivity index (χ2v) is 3.13. The summed E-state index contributed by atoms with van der Waals surface area (Å²) in [6, 6.07) is 5.99. The number of aldehydes is 1. The zero-order chi connectivity index (χ0) is 10.6. The summed E-state index contributed by atoms with van der Waals surface area (Å²) in [5.41, 5.74) is 1.84. The van der Waals surface area contributed by atoms with Gasteiger partial charge in [-0.25, -0.2) is 4.39 Å². The van der Waals surface area contributed by atoms with E-state index >= 15 is 0 Å². The molecular formula is C11H12FNO. The van der Waals surface area contributed by atoms with E-state index in [9.17, 15) is 9.18 Å². The highest BCUT2D eigenvalue weighted by atomic mass is 19.1. The molecule has 0 aromatic carbocycles. The van der Waals surface area contributed by atoms with Crippen molar-refractivity contribution < 1.29 is 9.18 Å². The lowest BCUT2D eigenvalue weighted by atomic mass is 10.3. The number of hydrogen-bond donors (Lipinski definition) is 1. The van der Waals surface area contributed by atoms with Crippen molar-refractivity contribution in [2.75, 3.05) is 0 Å². The molecule has 1 N–H and O–H groups in total. The zero-order valence-electron chi connectivity index (χ0n) is 8.17. The van der Waals surface area contributed by atoms with Gasteiger partial charge in [-0.2, -0.15) is 0 Å². The van der Waals surface area contributed by atoms with Crippen LogP contribution in [0.25, 0.3) is 0 Å². The van der Waals surface area contributed by atoms with Gasteiger partial charge >= 0.3 is 0 Å². The summed E-state index contributed by atoms with van der Waals surface area (Å²) in [6.45, 7) is 3.50. The van der Waals surface area contributed by atoms with Gasteiger partial charge in [-0.1, -0.05) is 6.07 Å². The predicted octanol–water partition coefficient (Wildman–Crippen LogP) is 2.71. The number of aromatic amines is 1. The molecule has 0 aliphatic rings. The smallest absolute Gasteiger partial charge is 0.166 e. The monoisotopic (exact) mass is 193 g/mol. The third kappa shape index (κ3) is 3.01. The van der Waals surface area contributed by atoms with Crippen molar-refractivity contribution in [1.29, 1.82) is 0 Å². The summed E-state index contributed by atoms with van der Waals surface area (Å²) in [6.07, 6.45) is 0.706. The Morgan fingerprint density at radius 2 is 2.00 bits per heavy atom. The Labute approximate surface area is 82.1 Å². The number of hydrogen-bond acceptors (Lipinski definition) is 1. The average Bonchev–Trinajstić information content (AvgIpc) is 2.17. The lowest BCUT2D eigenvalue weighted by molar-refractivity contribution is 0.111. The standard InChI is InChI=1S/C11H12FNO/c1-8-3-4-10(12)6-9(2)13-11(5-8)7-14/h3-7,13H,1-2H3. The lowest BCUT2D eigenvalue weighted by Gasteiger charge is -1.89. The molecule has 1 aromatic rings. The van der Waals surface area contributed by atoms with Crippen molar-refractivity contribution in [3.63, 3.8) is 0 Å². The summed E-state index contributed by atoms with van der Waals surface area (Å²) in [5.74, 6) is -0.338. The van der Waals surface area contributed by atoms with Gasteiger partial charge in [-0.15, -0.1) is 0 Å². The first-order chi connectivity index (χ1) is 6.61. The maximum atomic E-state index is 13.0. The quantitative estimate of drug-likeness (QED) is 0.683. The number of aryl methyl sites for hydroxylation is 2. The normalized spacial score (nSPS) is 9.36. The van der Waals surface area contributed by atoms with Crippen molar-refractivity contribution in [3.8, 4) is 0 Å². The molecule has 0 amide bonds. The lowest BCUT2D eigenvalue weighted by Crippen LogP contribution is -1.85. The molecule has 3 heteroatoms. The summed E-state index contributed by atoms with van der Waals surface area (Å²) in [5, 5.41) is 0. The van der Waals surface area contributed by atoms with E-state index < -0.39 is 0 Å². The first kappa shape index (κ1) is 10.4. The van der Waals surface area contributed by atoms with Crippen LogP contribution in [0.3, 0.4) is 0 Å². The Balaban J connectivity index is 3.50. The van der Waals surface area contributed by atoms with E-state index in [-0.39, 0.29) is 5.82 Å². The molecule has 14 heavy (non-hydrogen) atoms. The SMILES string of the molecule is Cc1ccc(F)cc(C)[nH]c(C=O)c1. The number of H-pyrrole nitrogens is 1. The zero-order valence-corrected chi connectivity index (χ0v) is 8.17. The number of halogens is 1. The van der Waals surface area contributed by atoms with Gasteiger partial charge in [0.2, 0.25) is 0 Å². The van der Waals surface area contributed by atoms with E-state index in [0.29, 0.717) is 17.7 Å². The molecule has 0 fully saturated rings. The molecule has 0 saturated heterocycles. The first-order valence-electron chi connectivity index (χ1n) is 4.28. The Hall–Kier alpha value is -1.64. The van der Waals surface area contributed by atoms with Gasteiger partial charge < -0.3 is 4.98 Å². The van der Waals surface area contributed by atoms with Gasteiger partial charge in [-0.05, 0) is 37.6 Å². The van der Waals surface area contributed by atoms with Crippen molar-refractivity contribution in [3.05, 3.63) is 47.0 Å². The largest absolute Gasteiger partial charge is 0.356 e. The van der Waals surface area contributed by atoms with Crippen molar-refractivity contribution in [2.24, 2.45) is 0 Å². The molecule has 0 bridgehead atoms. The highest BCUT2D eigenvalue weighted by molar-refractivity contribution is 5.71. The maximum Gasteiger partial charge on any atom is 0.166 e. The molecule has 74 valence electrons. The molecule has 0 saturated carbocycles. The number of nitrogens with one attached hydrogen (secondary N) is 1. The molecule has 1 rings (SSSR count). The van der Waals surface area contributed by atoms with Gasteiger partial charge in [0.25, 0.3) is 0 Å². The summed E-state index contributed by atoms with van der Waals surface area (Å²) in [4.78, 5) is 13.4. The summed E-state index contributed by atoms with van der Waals surface area (Å²) in [7, 11) is 0. The predicted molar refractivity (Wildman–Crippen MR) is 53.2 cm³/mol. The van der Waals surface area contributed by atoms with Crippen molar-refractivity contribution in [2.45, 2.75) is 13.8 Å². The fraction of sp³-hybridized carbons (Fsp3) is 0.182. The molecule has 0 unspecified atom stereocenters. The third-order valence-electron chi connectivity index (χ3n) is 1.71. The molecule has 0 spiro atoms. The van der Waals surface area contributed by atoms with Crippen LogP contribution in [0, 0.1) is 19.7 Å². The van der Waals surface area contributed by atoms with Gasteiger partial charge in [0.1, 0.15) is 5.82 Å². The van der Waals surface area contributed by atoms with E-state index in [2.05, 4.69) is 4.98 Å². The number of rotatable bonds is 1. The fourth-order valence-corrected chi connectivity index (χ4v) is 1.12. The minimum Gasteiger partial charge on any atom is -0.356 e. The Bertz CT molecular complexity index is 395. The van der Waals surface area contributed by atoms with E-state index in [4.69, 9.17) is 0 Å². The van der Waals surface area contributed by atoms with Crippen LogP contribution in [-0.2, 0) is 0 Å². The molecule has 0 atom stereocenters. The maximum absolute atomic E-state index is 13.0. The summed E-state index contributed by atoms with van der Waals surface area (Å²) >= 11 is 0. The number of carbonyl (C=O) groups is 1. The van der Waals surface area contributed by atoms with Crippen LogP contribution < -0.4 is 0 Å². The summed E-state index contributed by atoms with van der Waals surface area (Å²) < 4.78 is 13.0. The van der Waals surface area contributed by atoms with Gasteiger partial charge in [0.05, 0.1) is 5.69 Å². The van der Waals surface area contributed by atoms with Crippen LogP contribution in [0.15, 0.2) is 24.3 Å². The molecule has 0 radical (unpaired) electrons. The van der Waals surface area contributed by atoms with Crippen LogP contribution in [0.1, 0.15) is 21.7 Å². The van der Waals surface area contributed by atoms with E-state index in [1.807, 2.05) is 0 Å². The molecule has 2 nitrogen and oxygen atoms in total. The van der Waals surface area contributed by atoms with E-state index in [0.717, 1.165) is 5.56 Å². The van der Waals surface area contributed by atoms with Crippen LogP contribution in [0.4, 0.5) is 4.39 Å². The number of aromatic nitrogens is 1. The average molecular weight is 193 g/mol. The molecular weight excluding hydrogens is 181 g/mol.